The molecule has 0 radical (unpaired) electrons. The molecule has 0 atom stereocenters. The van der Waals surface area contributed by atoms with Crippen molar-refractivity contribution in [3.8, 4) is 0 Å². The van der Waals surface area contributed by atoms with Crippen molar-refractivity contribution in [2.45, 2.75) is 6.54 Å². The van der Waals surface area contributed by atoms with Crippen LogP contribution in [-0.2, 0) is 11.4 Å². The Labute approximate surface area is 90.2 Å². The van der Waals surface area contributed by atoms with E-state index in [1.807, 2.05) is 13.1 Å². The molecule has 0 aliphatic heterocycles. The molecular weight excluding hydrogens is 202 g/mol. The molecule has 5 heteroatoms. The summed E-state index contributed by atoms with van der Waals surface area (Å²) in [6, 6.07) is 5.44. The molecule has 0 aromatic heterocycles. The van der Waals surface area contributed by atoms with Crippen molar-refractivity contribution in [3.05, 3.63) is 23.8 Å². The first-order valence-corrected chi connectivity index (χ1v) is 4.02. The van der Waals surface area contributed by atoms with E-state index in [-0.39, 0.29) is 12.4 Å². The highest BCUT2D eigenvalue weighted by Crippen LogP contribution is 2.16. The lowest BCUT2D eigenvalue weighted by Crippen LogP contribution is -2.16. The Bertz CT molecular complexity index is 293. The second-order valence-corrected chi connectivity index (χ2v) is 2.93. The first-order valence-electron chi connectivity index (χ1n) is 4.02. The average molecular weight is 218 g/mol. The van der Waals surface area contributed by atoms with Crippen LogP contribution in [0.3, 0.4) is 0 Å². The molecule has 1 aromatic rings. The number of hydroxylamine groups is 2. The molecule has 0 amide bonds. The van der Waals surface area contributed by atoms with E-state index < -0.39 is 0 Å². The Morgan fingerprint density at radius 1 is 1.36 bits per heavy atom. The second kappa shape index (κ2) is 5.70. The quantitative estimate of drug-likeness (QED) is 0.591. The van der Waals surface area contributed by atoms with Gasteiger partial charge in [0.1, 0.15) is 0 Å². The van der Waals surface area contributed by atoms with Gasteiger partial charge in [0.15, 0.2) is 0 Å². The minimum atomic E-state index is 0. The predicted molar refractivity (Wildman–Crippen MR) is 61.0 cm³/mol. The van der Waals surface area contributed by atoms with Gasteiger partial charge in [0.05, 0.1) is 13.7 Å². The third-order valence-corrected chi connectivity index (χ3v) is 1.87. The highest BCUT2D eigenvalue weighted by Gasteiger charge is 2.02. The van der Waals surface area contributed by atoms with Crippen molar-refractivity contribution in [1.29, 1.82) is 0 Å². The molecule has 0 aliphatic carbocycles. The first-order chi connectivity index (χ1) is 6.13. The molecule has 4 nitrogen and oxygen atoms in total. The zero-order chi connectivity index (χ0) is 9.84. The van der Waals surface area contributed by atoms with Gasteiger partial charge in [-0.05, 0) is 23.8 Å². The molecule has 1 aromatic carbocycles. The lowest BCUT2D eigenvalue weighted by molar-refractivity contribution is -0.116. The fourth-order valence-corrected chi connectivity index (χ4v) is 1.07. The van der Waals surface area contributed by atoms with Crippen LogP contribution >= 0.6 is 12.4 Å². The van der Waals surface area contributed by atoms with Crippen molar-refractivity contribution in [2.24, 2.45) is 0 Å². The summed E-state index contributed by atoms with van der Waals surface area (Å²) in [5.74, 6) is 0. The van der Waals surface area contributed by atoms with E-state index in [2.05, 4.69) is 0 Å². The number of halogens is 1. The van der Waals surface area contributed by atoms with Crippen LogP contribution in [0.15, 0.2) is 18.2 Å². The number of nitrogen functional groups attached to an aromatic ring is 2. The molecule has 0 fully saturated rings. The van der Waals surface area contributed by atoms with Gasteiger partial charge in [-0.2, -0.15) is 5.06 Å². The standard InChI is InChI=1S/C9H15N3O.ClH/c1-12(13-2)6-7-5-8(10)3-4-9(7)11;/h3-5H,6,10-11H2,1-2H3;1H. The Morgan fingerprint density at radius 3 is 2.57 bits per heavy atom. The summed E-state index contributed by atoms with van der Waals surface area (Å²) in [5.41, 5.74) is 13.8. The summed E-state index contributed by atoms with van der Waals surface area (Å²) < 4.78 is 0. The van der Waals surface area contributed by atoms with Crippen LogP contribution in [0.5, 0.6) is 0 Å². The first kappa shape index (κ1) is 13.0. The molecule has 0 aliphatic rings. The van der Waals surface area contributed by atoms with Crippen LogP contribution in [0.25, 0.3) is 0 Å². The number of hydrogen-bond donors (Lipinski definition) is 2. The van der Waals surface area contributed by atoms with E-state index >= 15 is 0 Å². The summed E-state index contributed by atoms with van der Waals surface area (Å²) in [7, 11) is 3.45. The minimum Gasteiger partial charge on any atom is -0.399 e. The smallest absolute Gasteiger partial charge is 0.0575 e. The van der Waals surface area contributed by atoms with Crippen LogP contribution in [0.2, 0.25) is 0 Å². The third kappa shape index (κ3) is 3.41. The van der Waals surface area contributed by atoms with Crippen molar-refractivity contribution < 1.29 is 4.84 Å². The van der Waals surface area contributed by atoms with Gasteiger partial charge in [-0.3, -0.25) is 0 Å². The zero-order valence-corrected chi connectivity index (χ0v) is 9.17. The van der Waals surface area contributed by atoms with E-state index in [0.717, 1.165) is 11.3 Å². The molecule has 0 saturated heterocycles. The maximum atomic E-state index is 5.75. The number of nitrogens with zero attached hydrogens (tertiary/aromatic N) is 1. The molecule has 0 unspecified atom stereocenters. The summed E-state index contributed by atoms with van der Waals surface area (Å²) in [4.78, 5) is 4.99. The van der Waals surface area contributed by atoms with Gasteiger partial charge in [-0.1, -0.05) is 0 Å². The van der Waals surface area contributed by atoms with E-state index in [0.29, 0.717) is 12.2 Å². The number of hydrogen-bond acceptors (Lipinski definition) is 4. The monoisotopic (exact) mass is 217 g/mol. The molecular formula is C9H16ClN3O. The summed E-state index contributed by atoms with van der Waals surface area (Å²) in [5, 5.41) is 1.69. The molecule has 0 saturated carbocycles. The van der Waals surface area contributed by atoms with Gasteiger partial charge in [0.2, 0.25) is 0 Å². The lowest BCUT2D eigenvalue weighted by atomic mass is 10.1. The van der Waals surface area contributed by atoms with Crippen LogP contribution < -0.4 is 11.5 Å². The second-order valence-electron chi connectivity index (χ2n) is 2.93. The summed E-state index contributed by atoms with van der Waals surface area (Å²) >= 11 is 0. The van der Waals surface area contributed by atoms with Gasteiger partial charge in [0.25, 0.3) is 0 Å². The molecule has 0 bridgehead atoms. The van der Waals surface area contributed by atoms with Crippen LogP contribution in [-0.4, -0.2) is 19.2 Å². The molecule has 80 valence electrons. The lowest BCUT2D eigenvalue weighted by Gasteiger charge is -2.15. The topological polar surface area (TPSA) is 64.5 Å². The fourth-order valence-electron chi connectivity index (χ4n) is 1.07. The normalized spacial score (nSPS) is 9.93. The largest absolute Gasteiger partial charge is 0.399 e. The highest BCUT2D eigenvalue weighted by atomic mass is 35.5. The van der Waals surface area contributed by atoms with Crippen LogP contribution in [0.4, 0.5) is 11.4 Å². The fraction of sp³-hybridized carbons (Fsp3) is 0.333. The maximum absolute atomic E-state index is 5.75. The van der Waals surface area contributed by atoms with Gasteiger partial charge < -0.3 is 16.3 Å². The molecule has 0 spiro atoms. The van der Waals surface area contributed by atoms with Crippen molar-refractivity contribution in [3.63, 3.8) is 0 Å². The predicted octanol–water partition coefficient (Wildman–Crippen LogP) is 1.27. The average Bonchev–Trinajstić information content (AvgIpc) is 2.11. The van der Waals surface area contributed by atoms with Crippen molar-refractivity contribution in [2.75, 3.05) is 25.6 Å². The Morgan fingerprint density at radius 2 is 2.00 bits per heavy atom. The van der Waals surface area contributed by atoms with Crippen LogP contribution in [0, 0.1) is 0 Å². The van der Waals surface area contributed by atoms with Crippen molar-refractivity contribution >= 4 is 23.8 Å². The SMILES string of the molecule is CON(C)Cc1cc(N)ccc1N.Cl. The minimum absolute atomic E-state index is 0. The molecule has 1 rings (SSSR count). The third-order valence-electron chi connectivity index (χ3n) is 1.87. The van der Waals surface area contributed by atoms with Crippen LogP contribution in [0.1, 0.15) is 5.56 Å². The summed E-state index contributed by atoms with van der Waals surface area (Å²) in [6.45, 7) is 0.632. The number of rotatable bonds is 3. The van der Waals surface area contributed by atoms with E-state index in [1.54, 1.807) is 24.3 Å². The van der Waals surface area contributed by atoms with Gasteiger partial charge in [-0.25, -0.2) is 0 Å². The zero-order valence-electron chi connectivity index (χ0n) is 8.36. The Hall–Kier alpha value is -0.970. The Kier molecular flexibility index (Phi) is 5.30. The highest BCUT2D eigenvalue weighted by molar-refractivity contribution is 5.85. The van der Waals surface area contributed by atoms with Gasteiger partial charge in [-0.15, -0.1) is 12.4 Å². The summed E-state index contributed by atoms with van der Waals surface area (Å²) in [6.07, 6.45) is 0. The molecule has 4 N–H and O–H groups in total. The number of nitrogens with two attached hydrogens (primary N) is 2. The van der Waals surface area contributed by atoms with E-state index in [4.69, 9.17) is 16.3 Å². The Balaban J connectivity index is 0.00000169. The van der Waals surface area contributed by atoms with Gasteiger partial charge >= 0.3 is 0 Å². The molecule has 14 heavy (non-hydrogen) atoms. The van der Waals surface area contributed by atoms with E-state index in [1.165, 1.54) is 0 Å². The van der Waals surface area contributed by atoms with Crippen molar-refractivity contribution in [1.82, 2.24) is 5.06 Å². The maximum Gasteiger partial charge on any atom is 0.0575 e. The number of benzene rings is 1. The van der Waals surface area contributed by atoms with E-state index in [9.17, 15) is 0 Å². The molecule has 0 heterocycles. The van der Waals surface area contributed by atoms with Gasteiger partial charge in [0, 0.05) is 18.4 Å². The number of anilines is 2.